The van der Waals surface area contributed by atoms with Gasteiger partial charge in [0, 0.05) is 17.8 Å². The van der Waals surface area contributed by atoms with Crippen LogP contribution in [0.3, 0.4) is 0 Å². The lowest BCUT2D eigenvalue weighted by atomic mass is 9.98. The molecule has 36 heavy (non-hydrogen) atoms. The van der Waals surface area contributed by atoms with Gasteiger partial charge in [0.05, 0.1) is 24.2 Å². The molecule has 3 aromatic carbocycles. The number of pyridine rings is 1. The Balaban J connectivity index is 1.42. The van der Waals surface area contributed by atoms with Crippen LogP contribution in [0.4, 0.5) is 11.5 Å². The first-order valence-electron chi connectivity index (χ1n) is 11.3. The summed E-state index contributed by atoms with van der Waals surface area (Å²) in [5.41, 5.74) is 1.63. The van der Waals surface area contributed by atoms with Gasteiger partial charge in [-0.1, -0.05) is 36.4 Å². The summed E-state index contributed by atoms with van der Waals surface area (Å²) in [5.74, 6) is 0.677. The fraction of sp³-hybridized carbons (Fsp3) is 0.143. The van der Waals surface area contributed by atoms with Crippen molar-refractivity contribution in [2.24, 2.45) is 0 Å². The zero-order chi connectivity index (χ0) is 25.4. The van der Waals surface area contributed by atoms with Crippen LogP contribution in [0, 0.1) is 0 Å². The molecule has 1 unspecified atom stereocenters. The van der Waals surface area contributed by atoms with Crippen LogP contribution in [0.2, 0.25) is 0 Å². The van der Waals surface area contributed by atoms with E-state index in [4.69, 9.17) is 9.47 Å². The van der Waals surface area contributed by atoms with Gasteiger partial charge in [-0.25, -0.2) is 13.4 Å². The van der Waals surface area contributed by atoms with Crippen LogP contribution in [-0.2, 0) is 19.4 Å². The van der Waals surface area contributed by atoms with E-state index < -0.39 is 21.7 Å². The molecule has 7 nitrogen and oxygen atoms in total. The number of hydrogen-bond acceptors (Lipinski definition) is 7. The minimum atomic E-state index is -3.66. The van der Waals surface area contributed by atoms with Crippen LogP contribution >= 0.6 is 0 Å². The maximum atomic E-state index is 13.1. The van der Waals surface area contributed by atoms with Crippen molar-refractivity contribution in [3.05, 3.63) is 109 Å². The molecule has 0 spiro atoms. The van der Waals surface area contributed by atoms with Crippen molar-refractivity contribution >= 4 is 27.3 Å². The van der Waals surface area contributed by atoms with Crippen molar-refractivity contribution in [2.45, 2.75) is 17.2 Å². The highest BCUT2D eigenvalue weighted by atomic mass is 32.2. The second kappa shape index (κ2) is 11.5. The monoisotopic (exact) mass is 502 g/mol. The SMILES string of the molecule is COC(=O)CC(CS(=O)(=O)c1ccc(Oc2ccc(Nc3ccccn3)cc2)cc1)c1ccccc1. The van der Waals surface area contributed by atoms with E-state index in [-0.39, 0.29) is 17.1 Å². The number of nitrogens with zero attached hydrogens (tertiary/aromatic N) is 1. The number of nitrogens with one attached hydrogen (secondary N) is 1. The average molecular weight is 503 g/mol. The molecule has 184 valence electrons. The zero-order valence-corrected chi connectivity index (χ0v) is 20.5. The van der Waals surface area contributed by atoms with Crippen molar-refractivity contribution in [3.8, 4) is 11.5 Å². The Hall–Kier alpha value is -4.17. The van der Waals surface area contributed by atoms with Crippen LogP contribution in [-0.4, -0.2) is 32.2 Å². The summed E-state index contributed by atoms with van der Waals surface area (Å²) in [4.78, 5) is 16.3. The summed E-state index contributed by atoms with van der Waals surface area (Å²) in [7, 11) is -2.37. The van der Waals surface area contributed by atoms with Crippen LogP contribution in [0.25, 0.3) is 0 Å². The maximum Gasteiger partial charge on any atom is 0.306 e. The topological polar surface area (TPSA) is 94.6 Å². The number of methoxy groups -OCH3 is 1. The smallest absolute Gasteiger partial charge is 0.306 e. The summed E-state index contributed by atoms with van der Waals surface area (Å²) in [6.07, 6.45) is 1.69. The first-order chi connectivity index (χ1) is 17.4. The number of rotatable bonds is 10. The molecule has 0 bridgehead atoms. The molecule has 1 heterocycles. The second-order valence-electron chi connectivity index (χ2n) is 8.11. The van der Waals surface area contributed by atoms with Gasteiger partial charge in [0.2, 0.25) is 0 Å². The summed E-state index contributed by atoms with van der Waals surface area (Å²) in [5, 5.41) is 3.20. The molecule has 0 aliphatic heterocycles. The van der Waals surface area contributed by atoms with Gasteiger partial charge >= 0.3 is 5.97 Å². The molecule has 4 rings (SSSR count). The van der Waals surface area contributed by atoms with Crippen LogP contribution < -0.4 is 10.1 Å². The molecule has 0 radical (unpaired) electrons. The molecule has 1 aromatic heterocycles. The number of hydrogen-bond donors (Lipinski definition) is 1. The van der Waals surface area contributed by atoms with Crippen LogP contribution in [0.15, 0.2) is 108 Å². The Bertz CT molecular complexity index is 1380. The summed E-state index contributed by atoms with van der Waals surface area (Å²) < 4.78 is 36.9. The third-order valence-electron chi connectivity index (χ3n) is 5.54. The third kappa shape index (κ3) is 6.70. The Morgan fingerprint density at radius 2 is 1.50 bits per heavy atom. The van der Waals surface area contributed by atoms with E-state index in [2.05, 4.69) is 10.3 Å². The summed E-state index contributed by atoms with van der Waals surface area (Å²) in [6.45, 7) is 0. The van der Waals surface area contributed by atoms with E-state index in [1.54, 1.807) is 18.3 Å². The van der Waals surface area contributed by atoms with Gasteiger partial charge in [0.15, 0.2) is 9.84 Å². The molecule has 4 aromatic rings. The normalized spacial score (nSPS) is 11.9. The Morgan fingerprint density at radius 1 is 0.861 bits per heavy atom. The van der Waals surface area contributed by atoms with Crippen molar-refractivity contribution in [1.82, 2.24) is 4.98 Å². The first kappa shape index (κ1) is 24.9. The fourth-order valence-corrected chi connectivity index (χ4v) is 5.27. The number of esters is 1. The molecule has 0 amide bonds. The maximum absolute atomic E-state index is 13.1. The van der Waals surface area contributed by atoms with Gasteiger partial charge in [0.1, 0.15) is 17.3 Å². The summed E-state index contributed by atoms with van der Waals surface area (Å²) >= 11 is 0. The Kier molecular flexibility index (Phi) is 7.97. The molecule has 0 fully saturated rings. The van der Waals surface area contributed by atoms with Crippen molar-refractivity contribution < 1.29 is 22.7 Å². The van der Waals surface area contributed by atoms with Gasteiger partial charge in [-0.3, -0.25) is 4.79 Å². The average Bonchev–Trinajstić information content (AvgIpc) is 2.90. The second-order valence-corrected chi connectivity index (χ2v) is 10.1. The highest BCUT2D eigenvalue weighted by molar-refractivity contribution is 7.91. The van der Waals surface area contributed by atoms with Gasteiger partial charge in [0.25, 0.3) is 0 Å². The molecule has 8 heteroatoms. The number of carbonyl (C=O) groups is 1. The highest BCUT2D eigenvalue weighted by Crippen LogP contribution is 2.28. The van der Waals surface area contributed by atoms with E-state index in [0.717, 1.165) is 17.1 Å². The minimum absolute atomic E-state index is 0.0217. The first-order valence-corrected chi connectivity index (χ1v) is 13.0. The molecule has 1 N–H and O–H groups in total. The van der Waals surface area contributed by atoms with Gasteiger partial charge in [-0.2, -0.15) is 0 Å². The molecular weight excluding hydrogens is 476 g/mol. The zero-order valence-electron chi connectivity index (χ0n) is 19.7. The molecule has 1 atom stereocenters. The quantitative estimate of drug-likeness (QED) is 0.276. The highest BCUT2D eigenvalue weighted by Gasteiger charge is 2.25. The van der Waals surface area contributed by atoms with E-state index in [9.17, 15) is 13.2 Å². The lowest BCUT2D eigenvalue weighted by molar-refractivity contribution is -0.140. The Labute approximate surface area is 210 Å². The number of anilines is 2. The minimum Gasteiger partial charge on any atom is -0.469 e. The lowest BCUT2D eigenvalue weighted by Gasteiger charge is -2.17. The van der Waals surface area contributed by atoms with Crippen molar-refractivity contribution in [2.75, 3.05) is 18.2 Å². The fourth-order valence-electron chi connectivity index (χ4n) is 3.69. The van der Waals surface area contributed by atoms with E-state index >= 15 is 0 Å². The van der Waals surface area contributed by atoms with Gasteiger partial charge in [-0.15, -0.1) is 0 Å². The third-order valence-corrected chi connectivity index (χ3v) is 7.37. The Morgan fingerprint density at radius 3 is 2.11 bits per heavy atom. The molecule has 0 saturated heterocycles. The molecule has 0 saturated carbocycles. The number of ether oxygens (including phenoxy) is 2. The van der Waals surface area contributed by atoms with E-state index in [0.29, 0.717) is 11.5 Å². The number of sulfone groups is 1. The molecule has 0 aliphatic carbocycles. The standard InChI is InChI=1S/C28H26N2O5S/c1-34-28(31)19-22(21-7-3-2-4-8-21)20-36(32,33)26-16-14-25(15-17-26)35-24-12-10-23(11-13-24)30-27-9-5-6-18-29-27/h2-18,22H,19-20H2,1H3,(H,29,30). The van der Waals surface area contributed by atoms with E-state index in [1.807, 2.05) is 72.8 Å². The predicted molar refractivity (Wildman–Crippen MR) is 138 cm³/mol. The van der Waals surface area contributed by atoms with Crippen molar-refractivity contribution in [3.63, 3.8) is 0 Å². The number of carbonyl (C=O) groups excluding carboxylic acids is 1. The molecule has 0 aliphatic rings. The summed E-state index contributed by atoms with van der Waals surface area (Å²) in [6, 6.07) is 28.4. The van der Waals surface area contributed by atoms with Crippen LogP contribution in [0.1, 0.15) is 17.9 Å². The van der Waals surface area contributed by atoms with Gasteiger partial charge in [-0.05, 0) is 66.2 Å². The number of benzene rings is 3. The predicted octanol–water partition coefficient (Wildman–Crippen LogP) is 5.74. The lowest BCUT2D eigenvalue weighted by Crippen LogP contribution is -2.18. The van der Waals surface area contributed by atoms with Crippen LogP contribution in [0.5, 0.6) is 11.5 Å². The van der Waals surface area contributed by atoms with Crippen molar-refractivity contribution in [1.29, 1.82) is 0 Å². The van der Waals surface area contributed by atoms with E-state index in [1.165, 1.54) is 19.2 Å². The number of aromatic nitrogens is 1. The largest absolute Gasteiger partial charge is 0.469 e. The molecular formula is C28H26N2O5S. The van der Waals surface area contributed by atoms with Gasteiger partial charge < -0.3 is 14.8 Å².